The summed E-state index contributed by atoms with van der Waals surface area (Å²) < 4.78 is 4.76. The van der Waals surface area contributed by atoms with Gasteiger partial charge in [-0.15, -0.1) is 0 Å². The van der Waals surface area contributed by atoms with Crippen molar-refractivity contribution in [2.75, 3.05) is 50.1 Å². The van der Waals surface area contributed by atoms with E-state index in [0.29, 0.717) is 17.8 Å². The minimum Gasteiger partial charge on any atom is -0.465 e. The minimum atomic E-state index is -0.454. The number of benzene rings is 2. The molecule has 6 heteroatoms. The molecule has 1 amide bonds. The number of nitrogens with zero attached hydrogens (tertiary/aromatic N) is 1. The van der Waals surface area contributed by atoms with Crippen molar-refractivity contribution in [3.63, 3.8) is 0 Å². The summed E-state index contributed by atoms with van der Waals surface area (Å²) in [5.41, 5.74) is 2.09. The van der Waals surface area contributed by atoms with Crippen LogP contribution in [0.1, 0.15) is 10.4 Å². The van der Waals surface area contributed by atoms with Crippen LogP contribution in [0.5, 0.6) is 0 Å². The second-order valence-electron chi connectivity index (χ2n) is 6.33. The summed E-state index contributed by atoms with van der Waals surface area (Å²) in [5.74, 6) is -0.547. The molecule has 0 bridgehead atoms. The van der Waals surface area contributed by atoms with Crippen LogP contribution in [0.25, 0.3) is 0 Å². The maximum atomic E-state index is 12.4. The van der Waals surface area contributed by atoms with Crippen LogP contribution >= 0.6 is 0 Å². The molecule has 1 saturated heterocycles. The van der Waals surface area contributed by atoms with Crippen LogP contribution in [0.3, 0.4) is 0 Å². The van der Waals surface area contributed by atoms with E-state index >= 15 is 0 Å². The molecular weight excluding hydrogens is 330 g/mol. The lowest BCUT2D eigenvalue weighted by atomic mass is 10.2. The Morgan fingerprint density at radius 3 is 2.38 bits per heavy atom. The van der Waals surface area contributed by atoms with E-state index in [4.69, 9.17) is 4.74 Å². The smallest absolute Gasteiger partial charge is 0.339 e. The largest absolute Gasteiger partial charge is 0.465 e. The third kappa shape index (κ3) is 4.40. The Hall–Kier alpha value is -2.86. The number of amides is 1. The lowest BCUT2D eigenvalue weighted by molar-refractivity contribution is -0.892. The second kappa shape index (κ2) is 8.49. The van der Waals surface area contributed by atoms with Crippen molar-refractivity contribution in [3.05, 3.63) is 60.2 Å². The van der Waals surface area contributed by atoms with Crippen molar-refractivity contribution in [3.8, 4) is 0 Å². The standard InChI is InChI=1S/C20H23N3O3/c1-26-20(25)17-9-5-6-10-18(17)21-19(24)15-22-11-13-23(14-12-22)16-7-3-2-4-8-16/h2-10H,11-15H2,1H3,(H,21,24)/p+1. The molecule has 0 radical (unpaired) electrons. The van der Waals surface area contributed by atoms with E-state index in [9.17, 15) is 9.59 Å². The minimum absolute atomic E-state index is 0.0930. The molecule has 0 unspecified atom stereocenters. The summed E-state index contributed by atoms with van der Waals surface area (Å²) in [6, 6.07) is 17.2. The van der Waals surface area contributed by atoms with Crippen LogP contribution < -0.4 is 15.1 Å². The van der Waals surface area contributed by atoms with E-state index in [2.05, 4.69) is 22.3 Å². The summed E-state index contributed by atoms with van der Waals surface area (Å²) in [7, 11) is 1.33. The molecule has 2 aromatic carbocycles. The molecule has 1 aliphatic heterocycles. The fourth-order valence-corrected chi connectivity index (χ4v) is 3.20. The molecule has 1 heterocycles. The van der Waals surface area contributed by atoms with Gasteiger partial charge in [0.1, 0.15) is 0 Å². The highest BCUT2D eigenvalue weighted by atomic mass is 16.5. The number of anilines is 2. The molecule has 26 heavy (non-hydrogen) atoms. The number of nitrogens with one attached hydrogen (secondary N) is 2. The van der Waals surface area contributed by atoms with Gasteiger partial charge in [-0.2, -0.15) is 0 Å². The second-order valence-corrected chi connectivity index (χ2v) is 6.33. The zero-order valence-electron chi connectivity index (χ0n) is 14.9. The Morgan fingerprint density at radius 1 is 1.04 bits per heavy atom. The summed E-state index contributed by atoms with van der Waals surface area (Å²) in [6.07, 6.45) is 0. The van der Waals surface area contributed by atoms with E-state index in [1.165, 1.54) is 17.7 Å². The maximum absolute atomic E-state index is 12.4. The van der Waals surface area contributed by atoms with Gasteiger partial charge in [-0.1, -0.05) is 30.3 Å². The van der Waals surface area contributed by atoms with Gasteiger partial charge in [-0.05, 0) is 24.3 Å². The Bertz CT molecular complexity index is 756. The number of ether oxygens (including phenoxy) is 1. The van der Waals surface area contributed by atoms with Gasteiger partial charge in [-0.3, -0.25) is 4.79 Å². The van der Waals surface area contributed by atoms with E-state index in [-0.39, 0.29) is 5.91 Å². The van der Waals surface area contributed by atoms with E-state index in [1.54, 1.807) is 24.3 Å². The fraction of sp³-hybridized carbons (Fsp3) is 0.300. The number of hydrogen-bond donors (Lipinski definition) is 2. The SMILES string of the molecule is COC(=O)c1ccccc1NC(=O)C[NH+]1CCN(c2ccccc2)CC1. The van der Waals surface area contributed by atoms with E-state index < -0.39 is 5.97 Å². The first kappa shape index (κ1) is 17.9. The van der Waals surface area contributed by atoms with Crippen molar-refractivity contribution in [1.29, 1.82) is 0 Å². The summed E-state index contributed by atoms with van der Waals surface area (Å²) in [5, 5.41) is 2.84. The van der Waals surface area contributed by atoms with E-state index in [0.717, 1.165) is 26.2 Å². The number of hydrogen-bond acceptors (Lipinski definition) is 4. The van der Waals surface area contributed by atoms with Crippen molar-refractivity contribution in [2.24, 2.45) is 0 Å². The van der Waals surface area contributed by atoms with Gasteiger partial charge in [0, 0.05) is 5.69 Å². The third-order valence-corrected chi connectivity index (χ3v) is 4.61. The number of methoxy groups -OCH3 is 1. The quantitative estimate of drug-likeness (QED) is 0.781. The van der Waals surface area contributed by atoms with Crippen molar-refractivity contribution in [2.45, 2.75) is 0 Å². The van der Waals surface area contributed by atoms with Gasteiger partial charge in [0.25, 0.3) is 5.91 Å². The number of esters is 1. The van der Waals surface area contributed by atoms with E-state index in [1.807, 2.05) is 18.2 Å². The number of carbonyl (C=O) groups is 2. The highest BCUT2D eigenvalue weighted by Crippen LogP contribution is 2.16. The number of para-hydroxylation sites is 2. The van der Waals surface area contributed by atoms with Crippen LogP contribution in [0.2, 0.25) is 0 Å². The average Bonchev–Trinajstić information content (AvgIpc) is 2.69. The van der Waals surface area contributed by atoms with Gasteiger partial charge < -0.3 is 19.9 Å². The maximum Gasteiger partial charge on any atom is 0.339 e. The van der Waals surface area contributed by atoms with Crippen LogP contribution in [0, 0.1) is 0 Å². The van der Waals surface area contributed by atoms with Crippen molar-refractivity contribution < 1.29 is 19.2 Å². The highest BCUT2D eigenvalue weighted by molar-refractivity contribution is 6.01. The van der Waals surface area contributed by atoms with Crippen LogP contribution in [-0.4, -0.2) is 51.7 Å². The zero-order valence-corrected chi connectivity index (χ0v) is 14.9. The third-order valence-electron chi connectivity index (χ3n) is 4.61. The first-order chi connectivity index (χ1) is 12.7. The van der Waals surface area contributed by atoms with Crippen LogP contribution in [-0.2, 0) is 9.53 Å². The lowest BCUT2D eigenvalue weighted by Crippen LogP contribution is -3.15. The number of quaternary nitrogens is 1. The molecule has 0 atom stereocenters. The van der Waals surface area contributed by atoms with Gasteiger partial charge in [0.15, 0.2) is 6.54 Å². The lowest BCUT2D eigenvalue weighted by Gasteiger charge is -2.33. The number of piperazine rings is 1. The Morgan fingerprint density at radius 2 is 1.69 bits per heavy atom. The summed E-state index contributed by atoms with van der Waals surface area (Å²) >= 11 is 0. The first-order valence-corrected chi connectivity index (χ1v) is 8.78. The fourth-order valence-electron chi connectivity index (χ4n) is 3.20. The first-order valence-electron chi connectivity index (χ1n) is 8.78. The topological polar surface area (TPSA) is 63.1 Å². The Kier molecular flexibility index (Phi) is 5.86. The zero-order chi connectivity index (χ0) is 18.4. The van der Waals surface area contributed by atoms with Gasteiger partial charge in [-0.25, -0.2) is 4.79 Å². The van der Waals surface area contributed by atoms with Crippen LogP contribution in [0.4, 0.5) is 11.4 Å². The predicted molar refractivity (Wildman–Crippen MR) is 101 cm³/mol. The summed E-state index contributed by atoms with van der Waals surface area (Å²) in [4.78, 5) is 27.8. The van der Waals surface area contributed by atoms with Crippen molar-refractivity contribution >= 4 is 23.3 Å². The average molecular weight is 354 g/mol. The number of carbonyl (C=O) groups excluding carboxylic acids is 2. The molecule has 0 spiro atoms. The normalized spacial score (nSPS) is 14.7. The molecule has 1 aliphatic rings. The molecule has 1 fully saturated rings. The molecule has 3 rings (SSSR count). The molecular formula is C20H24N3O3+. The summed E-state index contributed by atoms with van der Waals surface area (Å²) in [6.45, 7) is 4.04. The molecule has 2 N–H and O–H groups in total. The molecule has 2 aromatic rings. The molecule has 0 aliphatic carbocycles. The highest BCUT2D eigenvalue weighted by Gasteiger charge is 2.23. The van der Waals surface area contributed by atoms with Gasteiger partial charge >= 0.3 is 5.97 Å². The molecule has 6 nitrogen and oxygen atoms in total. The molecule has 136 valence electrons. The predicted octanol–water partition coefficient (Wildman–Crippen LogP) is 0.817. The van der Waals surface area contributed by atoms with Gasteiger partial charge in [0.05, 0.1) is 44.5 Å². The molecule has 0 aromatic heterocycles. The Labute approximate surface area is 153 Å². The monoisotopic (exact) mass is 354 g/mol. The van der Waals surface area contributed by atoms with Gasteiger partial charge in [0.2, 0.25) is 0 Å². The van der Waals surface area contributed by atoms with Crippen LogP contribution in [0.15, 0.2) is 54.6 Å². The Balaban J connectivity index is 1.53. The van der Waals surface area contributed by atoms with Crippen molar-refractivity contribution in [1.82, 2.24) is 0 Å². The number of rotatable bonds is 5. The molecule has 0 saturated carbocycles.